The molecule has 1 amide bonds. The van der Waals surface area contributed by atoms with Crippen LogP contribution in [0.15, 0.2) is 65.0 Å². The molecule has 0 fully saturated rings. The molecule has 4 rings (SSSR count). The maximum Gasteiger partial charge on any atom is 0.323 e. The van der Waals surface area contributed by atoms with Crippen molar-refractivity contribution in [2.24, 2.45) is 4.99 Å². The van der Waals surface area contributed by atoms with Crippen molar-refractivity contribution in [3.8, 4) is 12.3 Å². The van der Waals surface area contributed by atoms with Crippen molar-refractivity contribution in [2.75, 3.05) is 24.7 Å². The molecule has 0 unspecified atom stereocenters. The summed E-state index contributed by atoms with van der Waals surface area (Å²) in [6.45, 7) is 0.345. The zero-order valence-electron chi connectivity index (χ0n) is 15.5. The van der Waals surface area contributed by atoms with E-state index in [1.807, 2.05) is 53.4 Å². The number of aliphatic carboxylic acids is 1. The van der Waals surface area contributed by atoms with Crippen molar-refractivity contribution in [1.29, 1.82) is 0 Å². The van der Waals surface area contributed by atoms with Crippen LogP contribution in [0, 0.1) is 12.3 Å². The van der Waals surface area contributed by atoms with Gasteiger partial charge in [-0.15, -0.1) is 6.42 Å². The van der Waals surface area contributed by atoms with Crippen LogP contribution in [0.3, 0.4) is 0 Å². The van der Waals surface area contributed by atoms with Gasteiger partial charge in [0.05, 0.1) is 30.3 Å². The van der Waals surface area contributed by atoms with Gasteiger partial charge in [-0.1, -0.05) is 36.3 Å². The van der Waals surface area contributed by atoms with Gasteiger partial charge in [0.2, 0.25) is 6.41 Å². The first kappa shape index (κ1) is 18.3. The van der Waals surface area contributed by atoms with Gasteiger partial charge in [0.15, 0.2) is 0 Å². The van der Waals surface area contributed by atoms with E-state index in [0.29, 0.717) is 12.2 Å². The molecule has 0 atom stereocenters. The number of carboxylic acids is 1. The molecule has 0 spiro atoms. The molecule has 2 aromatic carbocycles. The zero-order chi connectivity index (χ0) is 20.4. The van der Waals surface area contributed by atoms with E-state index in [2.05, 4.69) is 11.2 Å². The Balaban J connectivity index is 1.90. The Morgan fingerprint density at radius 1 is 1.28 bits per heavy atom. The molecule has 29 heavy (non-hydrogen) atoms. The minimum atomic E-state index is -0.982. The van der Waals surface area contributed by atoms with Crippen LogP contribution in [0.1, 0.15) is 16.7 Å². The van der Waals surface area contributed by atoms with E-state index in [9.17, 15) is 14.7 Å². The molecule has 0 aromatic heterocycles. The van der Waals surface area contributed by atoms with Gasteiger partial charge in [-0.25, -0.2) is 0 Å². The Hall–Kier alpha value is -4.05. The number of carbonyl (C=O) groups excluding carboxylic acids is 1. The quantitative estimate of drug-likeness (QED) is 0.602. The van der Waals surface area contributed by atoms with Crippen LogP contribution in [0.5, 0.6) is 0 Å². The predicted octanol–water partition coefficient (Wildman–Crippen LogP) is 1.60. The molecule has 0 radical (unpaired) electrons. The number of rotatable bonds is 5. The Bertz CT molecular complexity index is 1080. The lowest BCUT2D eigenvalue weighted by Gasteiger charge is -2.24. The molecule has 2 heterocycles. The first-order chi connectivity index (χ1) is 14.1. The first-order valence-electron chi connectivity index (χ1n) is 9.01. The van der Waals surface area contributed by atoms with Gasteiger partial charge in [0.25, 0.3) is 0 Å². The fourth-order valence-corrected chi connectivity index (χ4v) is 3.67. The van der Waals surface area contributed by atoms with Gasteiger partial charge in [0.1, 0.15) is 12.4 Å². The predicted molar refractivity (Wildman–Crippen MR) is 109 cm³/mol. The summed E-state index contributed by atoms with van der Waals surface area (Å²) in [6.07, 6.45) is 6.17. The molecule has 7 heteroatoms. The highest BCUT2D eigenvalue weighted by Gasteiger charge is 2.34. The van der Waals surface area contributed by atoms with Crippen LogP contribution in [0.2, 0.25) is 0 Å². The summed E-state index contributed by atoms with van der Waals surface area (Å²) in [5, 5.41) is 11.9. The van der Waals surface area contributed by atoms with Crippen molar-refractivity contribution < 1.29 is 14.7 Å². The molecule has 2 aliphatic rings. The number of fused-ring (bicyclic) bond motifs is 3. The highest BCUT2D eigenvalue weighted by molar-refractivity contribution is 6.16. The number of nitrogens with one attached hydrogen (secondary N) is 1. The molecule has 0 saturated carbocycles. The van der Waals surface area contributed by atoms with Crippen LogP contribution in [0.25, 0.3) is 0 Å². The van der Waals surface area contributed by atoms with Crippen LogP contribution >= 0.6 is 0 Å². The second-order valence-corrected chi connectivity index (χ2v) is 6.63. The minimum Gasteiger partial charge on any atom is -0.480 e. The number of aliphatic imine (C=N–C) groups is 1. The van der Waals surface area contributed by atoms with E-state index in [1.54, 1.807) is 4.90 Å². The van der Waals surface area contributed by atoms with Crippen LogP contribution in [-0.4, -0.2) is 47.9 Å². The number of amides is 1. The van der Waals surface area contributed by atoms with Crippen molar-refractivity contribution in [3.63, 3.8) is 0 Å². The average Bonchev–Trinajstić information content (AvgIpc) is 2.96. The Morgan fingerprint density at radius 2 is 2.07 bits per heavy atom. The lowest BCUT2D eigenvalue weighted by atomic mass is 9.98. The van der Waals surface area contributed by atoms with E-state index < -0.39 is 5.97 Å². The van der Waals surface area contributed by atoms with E-state index in [1.165, 1.54) is 0 Å². The SMILES string of the molecule is C#Cc1ccc2c(c1)C(c1ccccc1)=NCC1=C(NC=O)N(CC(=O)O)CN12. The number of nitrogens with zero attached hydrogens (tertiary/aromatic N) is 3. The summed E-state index contributed by atoms with van der Waals surface area (Å²) < 4.78 is 0. The van der Waals surface area contributed by atoms with Crippen LogP contribution < -0.4 is 10.2 Å². The zero-order valence-corrected chi connectivity index (χ0v) is 15.5. The summed E-state index contributed by atoms with van der Waals surface area (Å²) >= 11 is 0. The largest absolute Gasteiger partial charge is 0.480 e. The van der Waals surface area contributed by atoms with E-state index in [0.717, 1.165) is 33.8 Å². The smallest absolute Gasteiger partial charge is 0.323 e. The van der Waals surface area contributed by atoms with Crippen molar-refractivity contribution in [1.82, 2.24) is 10.2 Å². The Kier molecular flexibility index (Phi) is 4.75. The topological polar surface area (TPSA) is 85.2 Å². The highest BCUT2D eigenvalue weighted by atomic mass is 16.4. The molecule has 2 N–H and O–H groups in total. The molecule has 2 aromatic rings. The number of hydrogen-bond acceptors (Lipinski definition) is 5. The summed E-state index contributed by atoms with van der Waals surface area (Å²) in [5.41, 5.74) is 4.94. The second kappa shape index (κ2) is 7.52. The Morgan fingerprint density at radius 3 is 2.76 bits per heavy atom. The molecular weight excluding hydrogens is 368 g/mol. The normalized spacial score (nSPS) is 15.1. The van der Waals surface area contributed by atoms with Gasteiger partial charge in [-0.3, -0.25) is 14.6 Å². The van der Waals surface area contributed by atoms with Crippen LogP contribution in [-0.2, 0) is 9.59 Å². The second-order valence-electron chi connectivity index (χ2n) is 6.63. The fourth-order valence-electron chi connectivity index (χ4n) is 3.67. The highest BCUT2D eigenvalue weighted by Crippen LogP contribution is 2.35. The third kappa shape index (κ3) is 3.32. The standard InChI is InChI=1S/C22H18N4O3/c1-2-15-8-9-18-17(10-15)21(16-6-4-3-5-7-16)23-11-19-22(24-13-27)25(12-20(28)29)14-26(18)19/h1,3-10,13H,11-12,14H2,(H,24,27)(H,28,29). The van der Waals surface area contributed by atoms with Gasteiger partial charge < -0.3 is 20.2 Å². The summed E-state index contributed by atoms with van der Waals surface area (Å²) in [5.74, 6) is 2.13. The van der Waals surface area contributed by atoms with Gasteiger partial charge in [-0.2, -0.15) is 0 Å². The maximum absolute atomic E-state index is 11.3. The van der Waals surface area contributed by atoms with Crippen molar-refractivity contribution in [2.45, 2.75) is 0 Å². The third-order valence-corrected chi connectivity index (χ3v) is 4.89. The molecule has 144 valence electrons. The van der Waals surface area contributed by atoms with Crippen molar-refractivity contribution >= 4 is 23.8 Å². The van der Waals surface area contributed by atoms with E-state index in [-0.39, 0.29) is 19.8 Å². The number of terminal acetylenes is 1. The molecule has 0 bridgehead atoms. The number of carboxylic acid groups (broad SMARTS) is 1. The summed E-state index contributed by atoms with van der Waals surface area (Å²) in [6, 6.07) is 15.5. The van der Waals surface area contributed by atoms with Gasteiger partial charge in [-0.05, 0) is 18.2 Å². The van der Waals surface area contributed by atoms with E-state index in [4.69, 9.17) is 11.4 Å². The maximum atomic E-state index is 11.3. The summed E-state index contributed by atoms with van der Waals surface area (Å²) in [4.78, 5) is 30.9. The molecule has 2 aliphatic heterocycles. The first-order valence-corrected chi connectivity index (χ1v) is 9.01. The number of carbonyl (C=O) groups is 2. The summed E-state index contributed by atoms with van der Waals surface area (Å²) in [7, 11) is 0. The number of benzene rings is 2. The van der Waals surface area contributed by atoms with Crippen LogP contribution in [0.4, 0.5) is 5.69 Å². The van der Waals surface area contributed by atoms with Crippen molar-refractivity contribution in [3.05, 3.63) is 76.7 Å². The fraction of sp³-hybridized carbons (Fsp3) is 0.136. The number of hydrogen-bond donors (Lipinski definition) is 2. The van der Waals surface area contributed by atoms with Gasteiger partial charge >= 0.3 is 5.97 Å². The molecule has 0 aliphatic carbocycles. The third-order valence-electron chi connectivity index (χ3n) is 4.89. The Labute approximate surface area is 168 Å². The number of anilines is 1. The van der Waals surface area contributed by atoms with E-state index >= 15 is 0 Å². The van der Waals surface area contributed by atoms with Gasteiger partial charge in [0, 0.05) is 16.7 Å². The monoisotopic (exact) mass is 386 g/mol. The molecule has 7 nitrogen and oxygen atoms in total. The minimum absolute atomic E-state index is 0.233. The molecule has 0 saturated heterocycles. The molecular formula is C22H18N4O3. The lowest BCUT2D eigenvalue weighted by Crippen LogP contribution is -2.35. The lowest BCUT2D eigenvalue weighted by molar-refractivity contribution is -0.137. The average molecular weight is 386 g/mol.